The molecular formula is C30H25Cl2NO5. The minimum absolute atomic E-state index is 0.156. The molecule has 0 aromatic heterocycles. The summed E-state index contributed by atoms with van der Waals surface area (Å²) in [5.74, 6) is -0.692. The van der Waals surface area contributed by atoms with E-state index in [0.717, 1.165) is 11.1 Å². The summed E-state index contributed by atoms with van der Waals surface area (Å²) < 4.78 is 17.1. The van der Waals surface area contributed by atoms with Crippen LogP contribution in [-0.4, -0.2) is 25.5 Å². The fourth-order valence-electron chi connectivity index (χ4n) is 4.95. The highest BCUT2D eigenvalue weighted by Gasteiger charge is 2.43. The summed E-state index contributed by atoms with van der Waals surface area (Å²) in [6.45, 7) is 3.92. The van der Waals surface area contributed by atoms with Crippen LogP contribution >= 0.6 is 23.2 Å². The van der Waals surface area contributed by atoms with Gasteiger partial charge in [-0.3, -0.25) is 4.79 Å². The van der Waals surface area contributed by atoms with E-state index in [9.17, 15) is 9.59 Å². The Hall–Kier alpha value is -3.74. The molecule has 0 bridgehead atoms. The predicted octanol–water partition coefficient (Wildman–Crippen LogP) is 6.71. The zero-order chi connectivity index (χ0) is 27.0. The molecule has 3 aromatic carbocycles. The molecule has 8 heteroatoms. The summed E-state index contributed by atoms with van der Waals surface area (Å²) in [7, 11) is 1.51. The number of hydrogen-bond donors (Lipinski definition) is 1. The standard InChI is InChI=1S/C30H25Cl2NO5/c1-4-37-30(35)24-16(2)33-27-19-10-6-7-11-20(19)28(34)26(27)25(24)18-13-22(32)29(23(14-18)36-3)38-15-17-9-5-8-12-21(17)31/h5-14,25,33H,4,15H2,1-3H3/t25-/m0/s1. The van der Waals surface area contributed by atoms with Gasteiger partial charge in [0.15, 0.2) is 17.3 Å². The largest absolute Gasteiger partial charge is 0.493 e. The lowest BCUT2D eigenvalue weighted by atomic mass is 9.79. The molecular weight excluding hydrogens is 525 g/mol. The summed E-state index contributed by atoms with van der Waals surface area (Å²) in [6.07, 6.45) is 0. The van der Waals surface area contributed by atoms with Crippen LogP contribution in [0.1, 0.15) is 46.8 Å². The molecule has 194 valence electrons. The highest BCUT2D eigenvalue weighted by molar-refractivity contribution is 6.32. The maximum atomic E-state index is 13.7. The molecule has 6 nitrogen and oxygen atoms in total. The average molecular weight is 550 g/mol. The SMILES string of the molecule is CCOC(=O)C1=C(C)NC2=C(C(=O)c3ccccc32)[C@H]1c1cc(Cl)c(OCc2ccccc2Cl)c(OC)c1. The van der Waals surface area contributed by atoms with Crippen molar-refractivity contribution in [1.29, 1.82) is 0 Å². The van der Waals surface area contributed by atoms with E-state index in [1.165, 1.54) is 7.11 Å². The Balaban J connectivity index is 1.61. The van der Waals surface area contributed by atoms with Crippen LogP contribution in [0.2, 0.25) is 10.0 Å². The van der Waals surface area contributed by atoms with Gasteiger partial charge >= 0.3 is 5.97 Å². The van der Waals surface area contributed by atoms with Crippen LogP contribution in [0.3, 0.4) is 0 Å². The van der Waals surface area contributed by atoms with Crippen LogP contribution in [0.4, 0.5) is 0 Å². The van der Waals surface area contributed by atoms with E-state index in [-0.39, 0.29) is 24.0 Å². The number of rotatable bonds is 7. The van der Waals surface area contributed by atoms with Crippen LogP contribution in [0.25, 0.3) is 5.70 Å². The lowest BCUT2D eigenvalue weighted by Crippen LogP contribution is -2.29. The van der Waals surface area contributed by atoms with Gasteiger partial charge in [0, 0.05) is 38.9 Å². The van der Waals surface area contributed by atoms with Gasteiger partial charge in [0.2, 0.25) is 0 Å². The molecule has 1 atom stereocenters. The maximum Gasteiger partial charge on any atom is 0.336 e. The van der Waals surface area contributed by atoms with Crippen molar-refractivity contribution < 1.29 is 23.8 Å². The molecule has 3 aromatic rings. The zero-order valence-corrected chi connectivity index (χ0v) is 22.6. The van der Waals surface area contributed by atoms with Crippen molar-refractivity contribution in [3.05, 3.63) is 110 Å². The summed E-state index contributed by atoms with van der Waals surface area (Å²) in [5.41, 5.74) is 4.85. The fourth-order valence-corrected chi connectivity index (χ4v) is 5.42. The number of esters is 1. The molecule has 0 saturated carbocycles. The molecule has 0 amide bonds. The molecule has 1 aliphatic carbocycles. The van der Waals surface area contributed by atoms with Gasteiger partial charge in [-0.2, -0.15) is 0 Å². The second-order valence-electron chi connectivity index (χ2n) is 8.89. The van der Waals surface area contributed by atoms with E-state index in [1.54, 1.807) is 38.1 Å². The van der Waals surface area contributed by atoms with Crippen molar-refractivity contribution in [3.63, 3.8) is 0 Å². The monoisotopic (exact) mass is 549 g/mol. The van der Waals surface area contributed by atoms with Crippen LogP contribution in [0, 0.1) is 0 Å². The van der Waals surface area contributed by atoms with Crippen LogP contribution < -0.4 is 14.8 Å². The third-order valence-corrected chi connectivity index (χ3v) is 7.31. The Morgan fingerprint density at radius 3 is 2.42 bits per heavy atom. The summed E-state index contributed by atoms with van der Waals surface area (Å²) >= 11 is 13.0. The first-order valence-corrected chi connectivity index (χ1v) is 12.9. The number of methoxy groups -OCH3 is 1. The highest BCUT2D eigenvalue weighted by atomic mass is 35.5. The number of ketones is 1. The van der Waals surface area contributed by atoms with Crippen LogP contribution in [-0.2, 0) is 16.1 Å². The molecule has 38 heavy (non-hydrogen) atoms. The number of allylic oxidation sites excluding steroid dienone is 2. The molecule has 1 heterocycles. The van der Waals surface area contributed by atoms with E-state index in [4.69, 9.17) is 37.4 Å². The Bertz CT molecular complexity index is 1520. The van der Waals surface area contributed by atoms with E-state index < -0.39 is 11.9 Å². The number of fused-ring (bicyclic) bond motifs is 2. The number of benzene rings is 3. The molecule has 0 unspecified atom stereocenters. The van der Waals surface area contributed by atoms with Crippen molar-refractivity contribution in [2.75, 3.05) is 13.7 Å². The molecule has 0 fully saturated rings. The predicted molar refractivity (Wildman–Crippen MR) is 147 cm³/mol. The number of carbonyl (C=O) groups excluding carboxylic acids is 2. The second kappa shape index (κ2) is 10.6. The Kier molecular flexibility index (Phi) is 7.19. The number of halogens is 2. The topological polar surface area (TPSA) is 73.9 Å². The Morgan fingerprint density at radius 2 is 1.71 bits per heavy atom. The molecule has 2 aliphatic rings. The molecule has 1 aliphatic heterocycles. The number of Topliss-reactive ketones (excluding diaryl/α,β-unsaturated/α-hetero) is 1. The first-order valence-electron chi connectivity index (χ1n) is 12.1. The minimum Gasteiger partial charge on any atom is -0.493 e. The lowest BCUT2D eigenvalue weighted by molar-refractivity contribution is -0.138. The van der Waals surface area contributed by atoms with Crippen molar-refractivity contribution >= 4 is 40.7 Å². The molecule has 5 rings (SSSR count). The van der Waals surface area contributed by atoms with Gasteiger partial charge in [0.25, 0.3) is 0 Å². The molecule has 0 spiro atoms. The highest BCUT2D eigenvalue weighted by Crippen LogP contribution is 2.49. The summed E-state index contributed by atoms with van der Waals surface area (Å²) in [6, 6.07) is 18.2. The number of dihydropyridines is 1. The number of carbonyl (C=O) groups is 2. The maximum absolute atomic E-state index is 13.7. The number of ether oxygens (including phenoxy) is 3. The smallest absolute Gasteiger partial charge is 0.336 e. The summed E-state index contributed by atoms with van der Waals surface area (Å²) in [4.78, 5) is 26.9. The second-order valence-corrected chi connectivity index (χ2v) is 9.71. The van der Waals surface area contributed by atoms with Crippen molar-refractivity contribution in [2.24, 2.45) is 0 Å². The van der Waals surface area contributed by atoms with Gasteiger partial charge in [-0.25, -0.2) is 4.79 Å². The first-order chi connectivity index (χ1) is 18.3. The van der Waals surface area contributed by atoms with Gasteiger partial charge in [0.05, 0.1) is 30.0 Å². The number of nitrogens with one attached hydrogen (secondary N) is 1. The average Bonchev–Trinajstić information content (AvgIpc) is 3.19. The van der Waals surface area contributed by atoms with Crippen molar-refractivity contribution in [1.82, 2.24) is 5.32 Å². The lowest BCUT2D eigenvalue weighted by Gasteiger charge is -2.29. The van der Waals surface area contributed by atoms with Crippen LogP contribution in [0.15, 0.2) is 77.5 Å². The summed E-state index contributed by atoms with van der Waals surface area (Å²) in [5, 5.41) is 4.14. The number of hydrogen-bond acceptors (Lipinski definition) is 6. The van der Waals surface area contributed by atoms with Gasteiger partial charge in [-0.15, -0.1) is 0 Å². The fraction of sp³-hybridized carbons (Fsp3) is 0.200. The van der Waals surface area contributed by atoms with Gasteiger partial charge < -0.3 is 19.5 Å². The third kappa shape index (κ3) is 4.44. The van der Waals surface area contributed by atoms with Gasteiger partial charge in [-0.05, 0) is 37.6 Å². The minimum atomic E-state index is -0.728. The molecule has 0 saturated heterocycles. The first kappa shape index (κ1) is 25.9. The van der Waals surface area contributed by atoms with Crippen molar-refractivity contribution in [3.8, 4) is 11.5 Å². The van der Waals surface area contributed by atoms with Gasteiger partial charge in [0.1, 0.15) is 6.61 Å². The quantitative estimate of drug-likeness (QED) is 0.330. The van der Waals surface area contributed by atoms with Crippen molar-refractivity contribution in [2.45, 2.75) is 26.4 Å². The normalized spacial score (nSPS) is 16.1. The zero-order valence-electron chi connectivity index (χ0n) is 21.1. The van der Waals surface area contributed by atoms with Crippen LogP contribution in [0.5, 0.6) is 11.5 Å². The van der Waals surface area contributed by atoms with E-state index in [1.807, 2.05) is 36.4 Å². The van der Waals surface area contributed by atoms with E-state index >= 15 is 0 Å². The van der Waals surface area contributed by atoms with Gasteiger partial charge in [-0.1, -0.05) is 65.7 Å². The van der Waals surface area contributed by atoms with E-state index in [0.29, 0.717) is 50.2 Å². The molecule has 1 N–H and O–H groups in total. The molecule has 0 radical (unpaired) electrons. The Labute approximate surface area is 230 Å². The Morgan fingerprint density at radius 1 is 1.00 bits per heavy atom. The third-order valence-electron chi connectivity index (χ3n) is 6.66. The van der Waals surface area contributed by atoms with E-state index in [2.05, 4.69) is 5.32 Å².